The van der Waals surface area contributed by atoms with Crippen LogP contribution in [0, 0.1) is 5.82 Å². The predicted molar refractivity (Wildman–Crippen MR) is 82.0 cm³/mol. The number of halogens is 1. The number of ether oxygens (including phenoxy) is 1. The lowest BCUT2D eigenvalue weighted by atomic mass is 10.1. The molecule has 3 aromatic rings. The number of methoxy groups -OCH3 is 1. The first-order chi connectivity index (χ1) is 10.3. The van der Waals surface area contributed by atoms with Crippen molar-refractivity contribution in [3.8, 4) is 5.75 Å². The van der Waals surface area contributed by atoms with E-state index in [2.05, 4.69) is 10.3 Å². The molecule has 1 N–H and O–H groups in total. The summed E-state index contributed by atoms with van der Waals surface area (Å²) in [6, 6.07) is 14.8. The maximum absolute atomic E-state index is 13.6. The minimum Gasteiger partial charge on any atom is -0.494 e. The van der Waals surface area contributed by atoms with Crippen LogP contribution >= 0.6 is 0 Å². The highest BCUT2D eigenvalue weighted by molar-refractivity contribution is 5.82. The lowest BCUT2D eigenvalue weighted by Crippen LogP contribution is -2.00. The van der Waals surface area contributed by atoms with Crippen LogP contribution in [-0.2, 0) is 6.54 Å². The molecule has 0 bridgehead atoms. The third kappa shape index (κ3) is 2.94. The zero-order valence-electron chi connectivity index (χ0n) is 11.6. The highest BCUT2D eigenvalue weighted by atomic mass is 19.1. The topological polar surface area (TPSA) is 34.1 Å². The van der Waals surface area contributed by atoms with E-state index in [4.69, 9.17) is 4.74 Å². The zero-order chi connectivity index (χ0) is 14.7. The van der Waals surface area contributed by atoms with Gasteiger partial charge in [-0.2, -0.15) is 0 Å². The van der Waals surface area contributed by atoms with Crippen LogP contribution in [0.5, 0.6) is 5.75 Å². The molecule has 4 heteroatoms. The van der Waals surface area contributed by atoms with Gasteiger partial charge in [-0.15, -0.1) is 0 Å². The number of nitrogens with zero attached hydrogens (tertiary/aromatic N) is 1. The Kier molecular flexibility index (Phi) is 3.69. The molecule has 106 valence electrons. The van der Waals surface area contributed by atoms with Gasteiger partial charge in [-0.1, -0.05) is 12.1 Å². The van der Waals surface area contributed by atoms with Gasteiger partial charge in [-0.3, -0.25) is 4.98 Å². The van der Waals surface area contributed by atoms with Crippen molar-refractivity contribution in [2.24, 2.45) is 0 Å². The van der Waals surface area contributed by atoms with E-state index in [0.29, 0.717) is 6.54 Å². The number of nitrogens with one attached hydrogen (secondary N) is 1. The van der Waals surface area contributed by atoms with Gasteiger partial charge in [0, 0.05) is 23.8 Å². The molecule has 0 fully saturated rings. The number of hydrogen-bond donors (Lipinski definition) is 1. The summed E-state index contributed by atoms with van der Waals surface area (Å²) < 4.78 is 18.5. The molecule has 0 unspecified atom stereocenters. The summed E-state index contributed by atoms with van der Waals surface area (Å²) in [7, 11) is 1.46. The first-order valence-electron chi connectivity index (χ1n) is 6.67. The van der Waals surface area contributed by atoms with Gasteiger partial charge in [-0.05, 0) is 42.0 Å². The Bertz CT molecular complexity index is 774. The smallest absolute Gasteiger partial charge is 0.165 e. The molecule has 1 heterocycles. The summed E-state index contributed by atoms with van der Waals surface area (Å²) in [4.78, 5) is 4.28. The second kappa shape index (κ2) is 5.79. The average Bonchev–Trinajstić information content (AvgIpc) is 2.53. The number of aromatic nitrogens is 1. The number of pyridine rings is 1. The molecular formula is C17H15FN2O. The maximum Gasteiger partial charge on any atom is 0.165 e. The van der Waals surface area contributed by atoms with Crippen LogP contribution in [0.2, 0.25) is 0 Å². The second-order valence-corrected chi connectivity index (χ2v) is 4.73. The van der Waals surface area contributed by atoms with E-state index in [-0.39, 0.29) is 11.6 Å². The SMILES string of the molecule is COc1ccc(CNc2ccc3ncccc3c2)cc1F. The van der Waals surface area contributed by atoms with E-state index in [1.807, 2.05) is 36.4 Å². The lowest BCUT2D eigenvalue weighted by Gasteiger charge is -2.09. The van der Waals surface area contributed by atoms with Gasteiger partial charge in [0.15, 0.2) is 11.6 Å². The number of hydrogen-bond acceptors (Lipinski definition) is 3. The molecule has 21 heavy (non-hydrogen) atoms. The average molecular weight is 282 g/mol. The van der Waals surface area contributed by atoms with Crippen molar-refractivity contribution >= 4 is 16.6 Å². The van der Waals surface area contributed by atoms with Crippen LogP contribution in [0.3, 0.4) is 0 Å². The molecular weight excluding hydrogens is 267 g/mol. The minimum absolute atomic E-state index is 0.260. The van der Waals surface area contributed by atoms with Crippen molar-refractivity contribution in [1.29, 1.82) is 0 Å². The van der Waals surface area contributed by atoms with Crippen molar-refractivity contribution in [3.63, 3.8) is 0 Å². The fraction of sp³-hybridized carbons (Fsp3) is 0.118. The monoisotopic (exact) mass is 282 g/mol. The van der Waals surface area contributed by atoms with Crippen LogP contribution in [0.4, 0.5) is 10.1 Å². The molecule has 0 aliphatic carbocycles. The summed E-state index contributed by atoms with van der Waals surface area (Å²) in [6.45, 7) is 0.548. The second-order valence-electron chi connectivity index (χ2n) is 4.73. The van der Waals surface area contributed by atoms with Gasteiger partial charge in [0.2, 0.25) is 0 Å². The van der Waals surface area contributed by atoms with Crippen molar-refractivity contribution < 1.29 is 9.13 Å². The molecule has 0 aliphatic rings. The van der Waals surface area contributed by atoms with Crippen LogP contribution < -0.4 is 10.1 Å². The normalized spacial score (nSPS) is 10.6. The summed E-state index contributed by atoms with van der Waals surface area (Å²) in [5.74, 6) is -0.0879. The molecule has 3 rings (SSSR count). The molecule has 0 radical (unpaired) electrons. The Hall–Kier alpha value is -2.62. The highest BCUT2D eigenvalue weighted by Crippen LogP contribution is 2.20. The highest BCUT2D eigenvalue weighted by Gasteiger charge is 2.03. The fourth-order valence-electron chi connectivity index (χ4n) is 2.21. The number of benzene rings is 2. The largest absolute Gasteiger partial charge is 0.494 e. The van der Waals surface area contributed by atoms with Crippen molar-refractivity contribution in [2.45, 2.75) is 6.54 Å². The zero-order valence-corrected chi connectivity index (χ0v) is 11.6. The van der Waals surface area contributed by atoms with E-state index in [9.17, 15) is 4.39 Å². The van der Waals surface area contributed by atoms with E-state index in [1.165, 1.54) is 13.2 Å². The Morgan fingerprint density at radius 3 is 2.86 bits per heavy atom. The molecule has 0 atom stereocenters. The molecule has 2 aromatic carbocycles. The van der Waals surface area contributed by atoms with E-state index in [1.54, 1.807) is 12.3 Å². The Labute approximate surface area is 122 Å². The van der Waals surface area contributed by atoms with Crippen LogP contribution in [-0.4, -0.2) is 12.1 Å². The summed E-state index contributed by atoms with van der Waals surface area (Å²) in [5.41, 5.74) is 2.80. The van der Waals surface area contributed by atoms with Crippen LogP contribution in [0.1, 0.15) is 5.56 Å². The molecule has 0 saturated heterocycles. The van der Waals surface area contributed by atoms with Crippen molar-refractivity contribution in [1.82, 2.24) is 4.98 Å². The van der Waals surface area contributed by atoms with Gasteiger partial charge in [-0.25, -0.2) is 4.39 Å². The first kappa shape index (κ1) is 13.4. The number of rotatable bonds is 4. The first-order valence-corrected chi connectivity index (χ1v) is 6.67. The standard InChI is InChI=1S/C17H15FN2O/c1-21-17-7-4-12(9-15(17)18)11-20-14-5-6-16-13(10-14)3-2-8-19-16/h2-10,20H,11H2,1H3. The predicted octanol–water partition coefficient (Wildman–Crippen LogP) is 3.99. The van der Waals surface area contributed by atoms with Gasteiger partial charge >= 0.3 is 0 Å². The lowest BCUT2D eigenvalue weighted by molar-refractivity contribution is 0.386. The molecule has 0 spiro atoms. The summed E-state index contributed by atoms with van der Waals surface area (Å²) in [5, 5.41) is 4.36. The Morgan fingerprint density at radius 2 is 2.05 bits per heavy atom. The molecule has 0 aliphatic heterocycles. The molecule has 3 nitrogen and oxygen atoms in total. The number of fused-ring (bicyclic) bond motifs is 1. The van der Waals surface area contributed by atoms with Crippen molar-refractivity contribution in [2.75, 3.05) is 12.4 Å². The van der Waals surface area contributed by atoms with Gasteiger partial charge in [0.05, 0.1) is 12.6 Å². The molecule has 0 saturated carbocycles. The molecule has 1 aromatic heterocycles. The molecule has 0 amide bonds. The third-order valence-electron chi connectivity index (χ3n) is 3.32. The Balaban J connectivity index is 1.75. The van der Waals surface area contributed by atoms with E-state index >= 15 is 0 Å². The maximum atomic E-state index is 13.6. The van der Waals surface area contributed by atoms with E-state index in [0.717, 1.165) is 22.2 Å². The third-order valence-corrected chi connectivity index (χ3v) is 3.32. The fourth-order valence-corrected chi connectivity index (χ4v) is 2.21. The van der Waals surface area contributed by atoms with Gasteiger partial charge in [0.25, 0.3) is 0 Å². The van der Waals surface area contributed by atoms with Crippen LogP contribution in [0.15, 0.2) is 54.7 Å². The summed E-state index contributed by atoms with van der Waals surface area (Å²) >= 11 is 0. The Morgan fingerprint density at radius 1 is 1.14 bits per heavy atom. The van der Waals surface area contributed by atoms with Crippen molar-refractivity contribution in [3.05, 3.63) is 66.1 Å². The minimum atomic E-state index is -0.348. The van der Waals surface area contributed by atoms with Gasteiger partial charge < -0.3 is 10.1 Å². The summed E-state index contributed by atoms with van der Waals surface area (Å²) in [6.07, 6.45) is 1.77. The van der Waals surface area contributed by atoms with Gasteiger partial charge in [0.1, 0.15) is 0 Å². The quantitative estimate of drug-likeness (QED) is 0.785. The number of anilines is 1. The van der Waals surface area contributed by atoms with Crippen LogP contribution in [0.25, 0.3) is 10.9 Å². The van der Waals surface area contributed by atoms with E-state index < -0.39 is 0 Å².